The molecule has 2 N–H and O–H groups in total. The zero-order chi connectivity index (χ0) is 24.4. The fraction of sp³-hybridized carbons (Fsp3) is 0.577. The van der Waals surface area contributed by atoms with Crippen LogP contribution < -0.4 is 25.2 Å². The first-order chi connectivity index (χ1) is 17.0. The van der Waals surface area contributed by atoms with E-state index in [-0.39, 0.29) is 5.91 Å². The van der Waals surface area contributed by atoms with Gasteiger partial charge in [0.1, 0.15) is 11.4 Å². The fourth-order valence-electron chi connectivity index (χ4n) is 5.46. The third-order valence-corrected chi connectivity index (χ3v) is 7.63. The smallest absolute Gasteiger partial charge is 0.229 e. The zero-order valence-electron chi connectivity index (χ0n) is 21.1. The second-order valence-corrected chi connectivity index (χ2v) is 10.00. The summed E-state index contributed by atoms with van der Waals surface area (Å²) in [6.45, 7) is 2.92. The zero-order valence-corrected chi connectivity index (χ0v) is 21.1. The van der Waals surface area contributed by atoms with Crippen LogP contribution in [0.15, 0.2) is 24.4 Å². The van der Waals surface area contributed by atoms with Gasteiger partial charge in [0.2, 0.25) is 11.9 Å². The number of hydrogen-bond donors (Lipinski definition) is 2. The van der Waals surface area contributed by atoms with Gasteiger partial charge in [-0.15, -0.1) is 0 Å². The van der Waals surface area contributed by atoms with E-state index in [1.807, 2.05) is 19.2 Å². The summed E-state index contributed by atoms with van der Waals surface area (Å²) in [6.07, 6.45) is 9.26. The van der Waals surface area contributed by atoms with E-state index < -0.39 is 0 Å². The molecule has 1 aliphatic carbocycles. The van der Waals surface area contributed by atoms with E-state index in [1.54, 1.807) is 18.2 Å². The van der Waals surface area contributed by atoms with Crippen LogP contribution in [-0.2, 0) is 4.79 Å². The summed E-state index contributed by atoms with van der Waals surface area (Å²) >= 11 is 0. The standard InChI is InChI=1S/C26H37N7O2/c1-31-13-10-18(11-14-31)28-19-8-9-21(23(16-19)35-3)29-26-27-17-22-25(30-26)33(20-6-4-5-7-20)15-12-24(34)32(22)2/h8-9,16-18,20,28H,4-7,10-15H2,1-3H3,(H,27,29,30). The Morgan fingerprint density at radius 3 is 2.57 bits per heavy atom. The Morgan fingerprint density at radius 2 is 1.83 bits per heavy atom. The van der Waals surface area contributed by atoms with Gasteiger partial charge in [-0.2, -0.15) is 4.98 Å². The Kier molecular flexibility index (Phi) is 6.95. The molecular formula is C26H37N7O2. The van der Waals surface area contributed by atoms with Crippen molar-refractivity contribution in [3.8, 4) is 5.75 Å². The number of fused-ring (bicyclic) bond motifs is 1. The van der Waals surface area contributed by atoms with Crippen LogP contribution in [0, 0.1) is 0 Å². The van der Waals surface area contributed by atoms with E-state index in [2.05, 4.69) is 38.5 Å². The molecule has 9 heteroatoms. The average molecular weight is 480 g/mol. The van der Waals surface area contributed by atoms with Crippen LogP contribution in [0.5, 0.6) is 5.75 Å². The molecule has 2 fully saturated rings. The number of ether oxygens (including phenoxy) is 1. The van der Waals surface area contributed by atoms with Crippen molar-refractivity contribution < 1.29 is 9.53 Å². The van der Waals surface area contributed by atoms with Crippen LogP contribution in [0.3, 0.4) is 0 Å². The Balaban J connectivity index is 1.37. The first-order valence-electron chi connectivity index (χ1n) is 12.8. The van der Waals surface area contributed by atoms with Gasteiger partial charge in [0.25, 0.3) is 0 Å². The highest BCUT2D eigenvalue weighted by atomic mass is 16.5. The minimum atomic E-state index is 0.102. The maximum Gasteiger partial charge on any atom is 0.229 e. The molecule has 188 valence electrons. The lowest BCUT2D eigenvalue weighted by Crippen LogP contribution is -2.36. The predicted octanol–water partition coefficient (Wildman–Crippen LogP) is 3.85. The minimum Gasteiger partial charge on any atom is -0.494 e. The van der Waals surface area contributed by atoms with Gasteiger partial charge >= 0.3 is 0 Å². The van der Waals surface area contributed by atoms with Crippen molar-refractivity contribution in [2.75, 3.05) is 61.3 Å². The topological polar surface area (TPSA) is 85.9 Å². The highest BCUT2D eigenvalue weighted by Crippen LogP contribution is 2.37. The van der Waals surface area contributed by atoms with Gasteiger partial charge in [0.15, 0.2) is 5.82 Å². The first kappa shape index (κ1) is 23.7. The molecule has 0 unspecified atom stereocenters. The number of nitrogens with zero attached hydrogens (tertiary/aromatic N) is 5. The van der Waals surface area contributed by atoms with Crippen LogP contribution >= 0.6 is 0 Å². The van der Waals surface area contributed by atoms with Gasteiger partial charge in [-0.05, 0) is 58.0 Å². The van der Waals surface area contributed by atoms with Crippen molar-refractivity contribution in [1.82, 2.24) is 14.9 Å². The highest BCUT2D eigenvalue weighted by Gasteiger charge is 2.31. The summed E-state index contributed by atoms with van der Waals surface area (Å²) in [4.78, 5) is 28.4. The number of piperidine rings is 1. The number of nitrogens with one attached hydrogen (secondary N) is 2. The number of anilines is 5. The molecule has 0 bridgehead atoms. The third kappa shape index (κ3) is 5.15. The number of amides is 1. The van der Waals surface area contributed by atoms with Crippen LogP contribution in [0.2, 0.25) is 0 Å². The molecule has 2 aromatic rings. The Labute approximate surface area is 207 Å². The Bertz CT molecular complexity index is 1050. The Hall–Kier alpha value is -3.07. The molecule has 1 amide bonds. The van der Waals surface area contributed by atoms with Crippen molar-refractivity contribution in [3.05, 3.63) is 24.4 Å². The molecule has 3 heterocycles. The van der Waals surface area contributed by atoms with Gasteiger partial charge < -0.3 is 30.1 Å². The van der Waals surface area contributed by atoms with Gasteiger partial charge in [-0.25, -0.2) is 4.98 Å². The minimum absolute atomic E-state index is 0.102. The van der Waals surface area contributed by atoms with Crippen LogP contribution in [0.4, 0.5) is 28.8 Å². The summed E-state index contributed by atoms with van der Waals surface area (Å²) in [6, 6.07) is 7.01. The van der Waals surface area contributed by atoms with E-state index in [0.717, 1.165) is 67.4 Å². The monoisotopic (exact) mass is 479 g/mol. The molecule has 9 nitrogen and oxygen atoms in total. The molecule has 35 heavy (non-hydrogen) atoms. The molecule has 1 aromatic heterocycles. The lowest BCUT2D eigenvalue weighted by molar-refractivity contribution is -0.118. The second-order valence-electron chi connectivity index (χ2n) is 10.00. The maximum absolute atomic E-state index is 12.6. The number of carbonyl (C=O) groups excluding carboxylic acids is 1. The van der Waals surface area contributed by atoms with Crippen molar-refractivity contribution in [1.29, 1.82) is 0 Å². The lowest BCUT2D eigenvalue weighted by atomic mass is 10.1. The van der Waals surface area contributed by atoms with Crippen molar-refractivity contribution in [2.45, 2.75) is 57.0 Å². The number of methoxy groups -OCH3 is 1. The van der Waals surface area contributed by atoms with Crippen LogP contribution in [0.25, 0.3) is 0 Å². The van der Waals surface area contributed by atoms with E-state index in [0.29, 0.717) is 31.0 Å². The van der Waals surface area contributed by atoms with Gasteiger partial charge in [0.05, 0.1) is 19.0 Å². The molecule has 0 spiro atoms. The van der Waals surface area contributed by atoms with Crippen molar-refractivity contribution >= 4 is 34.7 Å². The van der Waals surface area contributed by atoms with Gasteiger partial charge in [-0.1, -0.05) is 12.8 Å². The fourth-order valence-corrected chi connectivity index (χ4v) is 5.46. The molecule has 0 atom stereocenters. The van der Waals surface area contributed by atoms with Crippen molar-refractivity contribution in [3.63, 3.8) is 0 Å². The number of carbonyl (C=O) groups is 1. The molecule has 5 rings (SSSR count). The SMILES string of the molecule is COc1cc(NC2CCN(C)CC2)ccc1Nc1ncc2c(n1)N(C1CCCC1)CCC(=O)N2C. The summed E-state index contributed by atoms with van der Waals surface area (Å²) < 4.78 is 5.70. The third-order valence-electron chi connectivity index (χ3n) is 7.63. The normalized spacial score (nSPS) is 20.0. The molecule has 1 saturated heterocycles. The van der Waals surface area contributed by atoms with E-state index in [4.69, 9.17) is 9.72 Å². The van der Waals surface area contributed by atoms with E-state index >= 15 is 0 Å². The second kappa shape index (κ2) is 10.3. The maximum atomic E-state index is 12.6. The molecule has 2 aliphatic heterocycles. The van der Waals surface area contributed by atoms with Gasteiger partial charge in [0, 0.05) is 43.9 Å². The van der Waals surface area contributed by atoms with Crippen LogP contribution in [-0.4, -0.2) is 73.7 Å². The van der Waals surface area contributed by atoms with Crippen molar-refractivity contribution in [2.24, 2.45) is 0 Å². The summed E-state index contributed by atoms with van der Waals surface area (Å²) in [7, 11) is 5.67. The van der Waals surface area contributed by atoms with Gasteiger partial charge in [-0.3, -0.25) is 4.79 Å². The van der Waals surface area contributed by atoms with Crippen LogP contribution in [0.1, 0.15) is 44.9 Å². The quantitative estimate of drug-likeness (QED) is 0.646. The number of rotatable bonds is 6. The summed E-state index contributed by atoms with van der Waals surface area (Å²) in [5, 5.41) is 7.01. The number of hydrogen-bond acceptors (Lipinski definition) is 8. The highest BCUT2D eigenvalue weighted by molar-refractivity contribution is 5.97. The first-order valence-corrected chi connectivity index (χ1v) is 12.8. The molecule has 0 radical (unpaired) electrons. The lowest BCUT2D eigenvalue weighted by Gasteiger charge is -2.30. The predicted molar refractivity (Wildman–Crippen MR) is 140 cm³/mol. The molecule has 3 aliphatic rings. The summed E-state index contributed by atoms with van der Waals surface area (Å²) in [5.41, 5.74) is 2.64. The average Bonchev–Trinajstić information content (AvgIpc) is 3.37. The largest absolute Gasteiger partial charge is 0.494 e. The number of benzene rings is 1. The molecule has 1 aromatic carbocycles. The number of aromatic nitrogens is 2. The molecule has 1 saturated carbocycles. The summed E-state index contributed by atoms with van der Waals surface area (Å²) in [5.74, 6) is 2.18. The Morgan fingerprint density at radius 1 is 1.06 bits per heavy atom. The molecular weight excluding hydrogens is 442 g/mol. The van der Waals surface area contributed by atoms with E-state index in [1.165, 1.54) is 12.8 Å². The van der Waals surface area contributed by atoms with E-state index in [9.17, 15) is 4.79 Å². The number of likely N-dealkylation sites (tertiary alicyclic amines) is 1.